The Balaban J connectivity index is 2.49. The Morgan fingerprint density at radius 1 is 1.44 bits per heavy atom. The van der Waals surface area contributed by atoms with Crippen LogP contribution in [0.3, 0.4) is 0 Å². The molecule has 1 aromatic heterocycles. The molecular weight excluding hydrogens is 228 g/mol. The number of hydrogen-bond acceptors (Lipinski definition) is 5. The standard InChI is InChI=1S/C13H24N4O/c1-6-10(2)17(4)8-7-14-12-11(3)13(18-5)16-9-15-12/h9-10H,6-8H2,1-5H3,(H,14,15,16). The van der Waals surface area contributed by atoms with Crippen molar-refractivity contribution in [1.29, 1.82) is 0 Å². The van der Waals surface area contributed by atoms with Gasteiger partial charge in [0.15, 0.2) is 0 Å². The lowest BCUT2D eigenvalue weighted by molar-refractivity contribution is 0.261. The number of nitrogens with one attached hydrogen (secondary N) is 1. The Labute approximate surface area is 110 Å². The lowest BCUT2D eigenvalue weighted by Crippen LogP contribution is -2.32. The van der Waals surface area contributed by atoms with E-state index < -0.39 is 0 Å². The first-order valence-corrected chi connectivity index (χ1v) is 6.39. The molecule has 1 heterocycles. The largest absolute Gasteiger partial charge is 0.481 e. The van der Waals surface area contributed by atoms with Crippen LogP contribution in [-0.4, -0.2) is 48.2 Å². The van der Waals surface area contributed by atoms with Gasteiger partial charge in [0.2, 0.25) is 5.88 Å². The molecule has 0 spiro atoms. The van der Waals surface area contributed by atoms with Gasteiger partial charge < -0.3 is 15.0 Å². The molecule has 18 heavy (non-hydrogen) atoms. The van der Waals surface area contributed by atoms with Crippen molar-refractivity contribution in [3.63, 3.8) is 0 Å². The van der Waals surface area contributed by atoms with Gasteiger partial charge in [-0.25, -0.2) is 9.97 Å². The summed E-state index contributed by atoms with van der Waals surface area (Å²) < 4.78 is 5.17. The zero-order valence-electron chi connectivity index (χ0n) is 12.0. The lowest BCUT2D eigenvalue weighted by Gasteiger charge is -2.23. The molecule has 0 aromatic carbocycles. The number of aromatic nitrogens is 2. The highest BCUT2D eigenvalue weighted by Gasteiger charge is 2.08. The van der Waals surface area contributed by atoms with Gasteiger partial charge in [-0.3, -0.25) is 0 Å². The molecule has 0 aliphatic rings. The summed E-state index contributed by atoms with van der Waals surface area (Å²) in [5.41, 5.74) is 0.950. The highest BCUT2D eigenvalue weighted by molar-refractivity contribution is 5.47. The fourth-order valence-corrected chi connectivity index (χ4v) is 1.70. The zero-order chi connectivity index (χ0) is 13.5. The second-order valence-corrected chi connectivity index (χ2v) is 4.52. The van der Waals surface area contributed by atoms with E-state index in [-0.39, 0.29) is 0 Å². The van der Waals surface area contributed by atoms with E-state index in [0.717, 1.165) is 30.9 Å². The molecule has 5 nitrogen and oxygen atoms in total. The highest BCUT2D eigenvalue weighted by Crippen LogP contribution is 2.19. The molecule has 0 fully saturated rings. The number of nitrogens with zero attached hydrogens (tertiary/aromatic N) is 3. The molecule has 1 aromatic rings. The molecule has 102 valence electrons. The second-order valence-electron chi connectivity index (χ2n) is 4.52. The van der Waals surface area contributed by atoms with Gasteiger partial charge in [0.05, 0.1) is 12.7 Å². The molecule has 0 aliphatic carbocycles. The maximum atomic E-state index is 5.17. The third kappa shape index (κ3) is 3.84. The van der Waals surface area contributed by atoms with Crippen LogP contribution >= 0.6 is 0 Å². The highest BCUT2D eigenvalue weighted by atomic mass is 16.5. The van der Waals surface area contributed by atoms with Crippen molar-refractivity contribution in [2.24, 2.45) is 0 Å². The minimum Gasteiger partial charge on any atom is -0.481 e. The summed E-state index contributed by atoms with van der Waals surface area (Å²) in [6.07, 6.45) is 2.68. The van der Waals surface area contributed by atoms with Gasteiger partial charge in [-0.1, -0.05) is 6.92 Å². The molecule has 0 saturated heterocycles. The van der Waals surface area contributed by atoms with Crippen LogP contribution in [0.15, 0.2) is 6.33 Å². The van der Waals surface area contributed by atoms with E-state index >= 15 is 0 Å². The molecule has 0 amide bonds. The molecule has 1 N–H and O–H groups in total. The van der Waals surface area contributed by atoms with Crippen molar-refractivity contribution >= 4 is 5.82 Å². The van der Waals surface area contributed by atoms with Crippen LogP contribution in [-0.2, 0) is 0 Å². The quantitative estimate of drug-likeness (QED) is 0.803. The minimum atomic E-state index is 0.604. The van der Waals surface area contributed by atoms with E-state index in [1.165, 1.54) is 6.33 Å². The van der Waals surface area contributed by atoms with E-state index in [1.807, 2.05) is 6.92 Å². The maximum absolute atomic E-state index is 5.17. The van der Waals surface area contributed by atoms with Gasteiger partial charge in [0.1, 0.15) is 12.1 Å². The number of hydrogen-bond donors (Lipinski definition) is 1. The van der Waals surface area contributed by atoms with Crippen LogP contribution in [0.25, 0.3) is 0 Å². The maximum Gasteiger partial charge on any atom is 0.221 e. The summed E-state index contributed by atoms with van der Waals surface area (Å²) in [5.74, 6) is 1.47. The molecular formula is C13H24N4O. The van der Waals surface area contributed by atoms with E-state index in [2.05, 4.69) is 41.1 Å². The smallest absolute Gasteiger partial charge is 0.221 e. The monoisotopic (exact) mass is 252 g/mol. The average molecular weight is 252 g/mol. The summed E-state index contributed by atoms with van der Waals surface area (Å²) in [4.78, 5) is 10.6. The van der Waals surface area contributed by atoms with Gasteiger partial charge in [-0.2, -0.15) is 0 Å². The van der Waals surface area contributed by atoms with Crippen LogP contribution in [0.2, 0.25) is 0 Å². The first-order chi connectivity index (χ1) is 8.60. The van der Waals surface area contributed by atoms with Gasteiger partial charge >= 0.3 is 0 Å². The topological polar surface area (TPSA) is 50.3 Å². The molecule has 5 heteroatoms. The predicted octanol–water partition coefficient (Wildman–Crippen LogP) is 1.94. The van der Waals surface area contributed by atoms with Crippen molar-refractivity contribution in [3.05, 3.63) is 11.9 Å². The van der Waals surface area contributed by atoms with E-state index in [9.17, 15) is 0 Å². The van der Waals surface area contributed by atoms with Gasteiger partial charge in [0, 0.05) is 19.1 Å². The molecule has 0 aliphatic heterocycles. The number of anilines is 1. The Morgan fingerprint density at radius 3 is 2.78 bits per heavy atom. The zero-order valence-corrected chi connectivity index (χ0v) is 12.0. The normalized spacial score (nSPS) is 12.6. The summed E-state index contributed by atoms with van der Waals surface area (Å²) >= 11 is 0. The molecule has 0 radical (unpaired) electrons. The first kappa shape index (κ1) is 14.7. The molecule has 0 saturated carbocycles. The van der Waals surface area contributed by atoms with Gasteiger partial charge in [-0.15, -0.1) is 0 Å². The van der Waals surface area contributed by atoms with Crippen molar-refractivity contribution in [3.8, 4) is 5.88 Å². The van der Waals surface area contributed by atoms with E-state index in [4.69, 9.17) is 4.74 Å². The minimum absolute atomic E-state index is 0.604. The number of methoxy groups -OCH3 is 1. The van der Waals surface area contributed by atoms with E-state index in [1.54, 1.807) is 7.11 Å². The Morgan fingerprint density at radius 2 is 2.17 bits per heavy atom. The van der Waals surface area contributed by atoms with Crippen LogP contribution < -0.4 is 10.1 Å². The van der Waals surface area contributed by atoms with Crippen molar-refractivity contribution in [1.82, 2.24) is 14.9 Å². The van der Waals surface area contributed by atoms with Crippen LogP contribution in [0.5, 0.6) is 5.88 Å². The third-order valence-electron chi connectivity index (χ3n) is 3.33. The van der Waals surface area contributed by atoms with Gasteiger partial charge in [0.25, 0.3) is 0 Å². The summed E-state index contributed by atoms with van der Waals surface area (Å²) in [6.45, 7) is 8.25. The fraction of sp³-hybridized carbons (Fsp3) is 0.692. The molecule has 1 rings (SSSR count). The van der Waals surface area contributed by atoms with Crippen molar-refractivity contribution in [2.75, 3.05) is 32.6 Å². The predicted molar refractivity (Wildman–Crippen MR) is 74.2 cm³/mol. The Bertz CT molecular complexity index is 370. The number of ether oxygens (including phenoxy) is 1. The van der Waals surface area contributed by atoms with Crippen LogP contribution in [0.4, 0.5) is 5.82 Å². The second kappa shape index (κ2) is 7.16. The Hall–Kier alpha value is -1.36. The first-order valence-electron chi connectivity index (χ1n) is 6.39. The Kier molecular flexibility index (Phi) is 5.85. The van der Waals surface area contributed by atoms with E-state index in [0.29, 0.717) is 11.9 Å². The lowest BCUT2D eigenvalue weighted by atomic mass is 10.2. The van der Waals surface area contributed by atoms with Crippen molar-refractivity contribution < 1.29 is 4.74 Å². The third-order valence-corrected chi connectivity index (χ3v) is 3.33. The SMILES string of the molecule is CCC(C)N(C)CCNc1ncnc(OC)c1C. The summed E-state index contributed by atoms with van der Waals surface area (Å²) in [7, 11) is 3.76. The molecule has 1 atom stereocenters. The number of likely N-dealkylation sites (N-methyl/N-ethyl adjacent to an activating group) is 1. The number of rotatable bonds is 7. The van der Waals surface area contributed by atoms with Crippen LogP contribution in [0, 0.1) is 6.92 Å². The summed E-state index contributed by atoms with van der Waals surface area (Å²) in [5, 5.41) is 3.32. The summed E-state index contributed by atoms with van der Waals surface area (Å²) in [6, 6.07) is 0.604. The molecule has 1 unspecified atom stereocenters. The fourth-order valence-electron chi connectivity index (χ4n) is 1.70. The average Bonchev–Trinajstić information content (AvgIpc) is 2.39. The van der Waals surface area contributed by atoms with Gasteiger partial charge in [-0.05, 0) is 27.3 Å². The van der Waals surface area contributed by atoms with Crippen molar-refractivity contribution in [2.45, 2.75) is 33.2 Å². The van der Waals surface area contributed by atoms with Crippen LogP contribution in [0.1, 0.15) is 25.8 Å². The molecule has 0 bridgehead atoms.